The van der Waals surface area contributed by atoms with Crippen molar-refractivity contribution in [3.8, 4) is 0 Å². The molecule has 1 N–H and O–H groups in total. The number of pyridine rings is 1. The molecule has 2 amide bonds. The molecule has 0 aliphatic carbocycles. The standard InChI is InChI=1S/C19H18ClF3N2O3/c1-18(2,3)12-6-4-11(5-7-12)16(27)24-15(26)10-25-9-13(19(21,22)23)8-14(20)17(25)28/h4-9H,10H2,1-3H3,(H,24,26,27). The lowest BCUT2D eigenvalue weighted by atomic mass is 9.87. The fourth-order valence-corrected chi connectivity index (χ4v) is 2.61. The first-order chi connectivity index (χ1) is 12.8. The van der Waals surface area contributed by atoms with Crippen molar-refractivity contribution in [2.24, 2.45) is 0 Å². The van der Waals surface area contributed by atoms with Crippen LogP contribution >= 0.6 is 11.6 Å². The average Bonchev–Trinajstić information content (AvgIpc) is 2.57. The van der Waals surface area contributed by atoms with Crippen molar-refractivity contribution in [2.75, 3.05) is 0 Å². The number of halogens is 4. The van der Waals surface area contributed by atoms with Gasteiger partial charge in [-0.15, -0.1) is 0 Å². The molecule has 0 fully saturated rings. The van der Waals surface area contributed by atoms with E-state index in [9.17, 15) is 27.6 Å². The number of hydrogen-bond acceptors (Lipinski definition) is 3. The van der Waals surface area contributed by atoms with Crippen LogP contribution in [0.25, 0.3) is 0 Å². The van der Waals surface area contributed by atoms with E-state index in [-0.39, 0.29) is 11.0 Å². The lowest BCUT2D eigenvalue weighted by Gasteiger charge is -2.19. The highest BCUT2D eigenvalue weighted by molar-refractivity contribution is 6.30. The van der Waals surface area contributed by atoms with Crippen molar-refractivity contribution in [3.63, 3.8) is 0 Å². The average molecular weight is 415 g/mol. The van der Waals surface area contributed by atoms with Crippen LogP contribution in [0.3, 0.4) is 0 Å². The van der Waals surface area contributed by atoms with Crippen LogP contribution < -0.4 is 10.9 Å². The van der Waals surface area contributed by atoms with Crippen LogP contribution in [0.15, 0.2) is 41.3 Å². The second-order valence-corrected chi connectivity index (χ2v) is 7.62. The fourth-order valence-electron chi connectivity index (χ4n) is 2.39. The van der Waals surface area contributed by atoms with Crippen molar-refractivity contribution in [3.05, 3.63) is 68.6 Å². The summed E-state index contributed by atoms with van der Waals surface area (Å²) in [4.78, 5) is 36.1. The molecular formula is C19H18ClF3N2O3. The van der Waals surface area contributed by atoms with Crippen LogP contribution in [-0.4, -0.2) is 16.4 Å². The largest absolute Gasteiger partial charge is 0.417 e. The molecule has 0 radical (unpaired) electrons. The molecule has 0 atom stereocenters. The summed E-state index contributed by atoms with van der Waals surface area (Å²) in [6.07, 6.45) is -4.25. The molecule has 0 unspecified atom stereocenters. The third-order valence-electron chi connectivity index (χ3n) is 3.95. The van der Waals surface area contributed by atoms with E-state index in [1.165, 1.54) is 12.1 Å². The highest BCUT2D eigenvalue weighted by Crippen LogP contribution is 2.29. The van der Waals surface area contributed by atoms with Gasteiger partial charge in [0.1, 0.15) is 11.6 Å². The molecule has 0 saturated carbocycles. The summed E-state index contributed by atoms with van der Waals surface area (Å²) in [5.74, 6) is -1.67. The smallest absolute Gasteiger partial charge is 0.304 e. The number of amides is 2. The van der Waals surface area contributed by atoms with Gasteiger partial charge in [0.15, 0.2) is 0 Å². The minimum atomic E-state index is -4.74. The minimum absolute atomic E-state index is 0.116. The molecule has 1 aromatic carbocycles. The van der Waals surface area contributed by atoms with Gasteiger partial charge in [-0.1, -0.05) is 44.5 Å². The normalized spacial score (nSPS) is 12.0. The first kappa shape index (κ1) is 21.7. The Morgan fingerprint density at radius 3 is 2.14 bits per heavy atom. The van der Waals surface area contributed by atoms with Gasteiger partial charge in [-0.3, -0.25) is 19.7 Å². The van der Waals surface area contributed by atoms with E-state index >= 15 is 0 Å². The maximum absolute atomic E-state index is 12.8. The summed E-state index contributed by atoms with van der Waals surface area (Å²) < 4.78 is 39.0. The summed E-state index contributed by atoms with van der Waals surface area (Å²) in [6.45, 7) is 5.23. The minimum Gasteiger partial charge on any atom is -0.304 e. The van der Waals surface area contributed by atoms with Gasteiger partial charge in [0.05, 0.1) is 5.56 Å². The Morgan fingerprint density at radius 1 is 1.07 bits per heavy atom. The van der Waals surface area contributed by atoms with E-state index in [0.717, 1.165) is 5.56 Å². The lowest BCUT2D eigenvalue weighted by Crippen LogP contribution is -2.36. The summed E-state index contributed by atoms with van der Waals surface area (Å²) in [5, 5.41) is 1.37. The molecular weight excluding hydrogens is 397 g/mol. The number of hydrogen-bond donors (Lipinski definition) is 1. The number of alkyl halides is 3. The number of carbonyl (C=O) groups excluding carboxylic acids is 2. The molecule has 0 saturated heterocycles. The maximum Gasteiger partial charge on any atom is 0.417 e. The third-order valence-corrected chi connectivity index (χ3v) is 4.22. The van der Waals surface area contributed by atoms with Crippen molar-refractivity contribution < 1.29 is 22.8 Å². The maximum atomic E-state index is 12.8. The number of nitrogens with one attached hydrogen (secondary N) is 1. The second-order valence-electron chi connectivity index (χ2n) is 7.21. The molecule has 150 valence electrons. The van der Waals surface area contributed by atoms with E-state index in [2.05, 4.69) is 0 Å². The number of carbonyl (C=O) groups is 2. The predicted molar refractivity (Wildman–Crippen MR) is 98.3 cm³/mol. The molecule has 0 aliphatic rings. The van der Waals surface area contributed by atoms with Gasteiger partial charge < -0.3 is 4.57 Å². The Hall–Kier alpha value is -2.61. The predicted octanol–water partition coefficient (Wildman–Crippen LogP) is 3.77. The van der Waals surface area contributed by atoms with Gasteiger partial charge in [-0.05, 0) is 29.2 Å². The SMILES string of the molecule is CC(C)(C)c1ccc(C(=O)NC(=O)Cn2cc(C(F)(F)F)cc(Cl)c2=O)cc1. The van der Waals surface area contributed by atoms with Crippen LogP contribution in [0.5, 0.6) is 0 Å². The van der Waals surface area contributed by atoms with Gasteiger partial charge in [0.2, 0.25) is 5.91 Å². The van der Waals surface area contributed by atoms with Gasteiger partial charge in [0.25, 0.3) is 11.5 Å². The Labute approximate surface area is 164 Å². The molecule has 9 heteroatoms. The number of rotatable bonds is 3. The van der Waals surface area contributed by atoms with E-state index in [1.54, 1.807) is 12.1 Å². The molecule has 2 aromatic rings. The first-order valence-corrected chi connectivity index (χ1v) is 8.59. The zero-order valence-electron chi connectivity index (χ0n) is 15.4. The second kappa shape index (κ2) is 7.79. The third kappa shape index (κ3) is 5.22. The molecule has 1 heterocycles. The van der Waals surface area contributed by atoms with Crippen molar-refractivity contribution in [1.82, 2.24) is 9.88 Å². The molecule has 0 spiro atoms. The van der Waals surface area contributed by atoms with Crippen LogP contribution in [0.2, 0.25) is 5.02 Å². The number of benzene rings is 1. The monoisotopic (exact) mass is 414 g/mol. The van der Waals surface area contributed by atoms with Crippen molar-refractivity contribution in [2.45, 2.75) is 38.9 Å². The number of imide groups is 1. The van der Waals surface area contributed by atoms with Crippen LogP contribution in [0.4, 0.5) is 13.2 Å². The molecule has 0 bridgehead atoms. The quantitative estimate of drug-likeness (QED) is 0.831. The Morgan fingerprint density at radius 2 is 1.64 bits per heavy atom. The van der Waals surface area contributed by atoms with Gasteiger partial charge >= 0.3 is 6.18 Å². The zero-order valence-corrected chi connectivity index (χ0v) is 16.1. The highest BCUT2D eigenvalue weighted by atomic mass is 35.5. The molecule has 28 heavy (non-hydrogen) atoms. The van der Waals surface area contributed by atoms with Crippen LogP contribution in [-0.2, 0) is 22.9 Å². The summed E-state index contributed by atoms with van der Waals surface area (Å²) in [5.41, 5.74) is -1.06. The van der Waals surface area contributed by atoms with E-state index in [4.69, 9.17) is 11.6 Å². The molecule has 1 aromatic heterocycles. The summed E-state index contributed by atoms with van der Waals surface area (Å²) in [6, 6.07) is 7.06. The zero-order chi connectivity index (χ0) is 21.3. The Balaban J connectivity index is 2.15. The van der Waals surface area contributed by atoms with E-state index in [0.29, 0.717) is 16.8 Å². The van der Waals surface area contributed by atoms with Crippen LogP contribution in [0.1, 0.15) is 42.3 Å². The first-order valence-electron chi connectivity index (χ1n) is 8.21. The van der Waals surface area contributed by atoms with Crippen molar-refractivity contribution >= 4 is 23.4 Å². The molecule has 2 rings (SSSR count). The lowest BCUT2D eigenvalue weighted by molar-refractivity contribution is -0.138. The van der Waals surface area contributed by atoms with Gasteiger partial charge in [0, 0.05) is 11.8 Å². The highest BCUT2D eigenvalue weighted by Gasteiger charge is 2.32. The van der Waals surface area contributed by atoms with Crippen LogP contribution in [0, 0.1) is 0 Å². The van der Waals surface area contributed by atoms with Gasteiger partial charge in [-0.25, -0.2) is 0 Å². The Bertz CT molecular complexity index is 958. The number of nitrogens with zero attached hydrogens (tertiary/aromatic N) is 1. The molecule has 5 nitrogen and oxygen atoms in total. The Kier molecular flexibility index (Phi) is 6.03. The van der Waals surface area contributed by atoms with Gasteiger partial charge in [-0.2, -0.15) is 13.2 Å². The van der Waals surface area contributed by atoms with E-state index in [1.807, 2.05) is 26.1 Å². The van der Waals surface area contributed by atoms with Crippen molar-refractivity contribution in [1.29, 1.82) is 0 Å². The van der Waals surface area contributed by atoms with E-state index < -0.39 is 40.7 Å². The number of aromatic nitrogens is 1. The topological polar surface area (TPSA) is 68.2 Å². The fraction of sp³-hybridized carbons (Fsp3) is 0.316. The molecule has 0 aliphatic heterocycles. The summed E-state index contributed by atoms with van der Waals surface area (Å²) >= 11 is 5.53. The summed E-state index contributed by atoms with van der Waals surface area (Å²) in [7, 11) is 0.